The number of rotatable bonds is 6. The zero-order valence-corrected chi connectivity index (χ0v) is 12.1. The first-order valence-corrected chi connectivity index (χ1v) is 6.43. The van der Waals surface area contributed by atoms with Gasteiger partial charge in [-0.05, 0) is 30.2 Å². The molecular weight excluding hydrogens is 296 g/mol. The summed E-state index contributed by atoms with van der Waals surface area (Å²) in [5.41, 5.74) is 6.52. The zero-order valence-electron chi connectivity index (χ0n) is 11.3. The van der Waals surface area contributed by atoms with Gasteiger partial charge in [0.15, 0.2) is 0 Å². The second kappa shape index (κ2) is 7.44. The Bertz CT molecular complexity index is 599. The minimum Gasteiger partial charge on any atom is -0.480 e. The number of benzene rings is 1. The Balaban J connectivity index is 2.70. The van der Waals surface area contributed by atoms with E-state index in [1.54, 1.807) is 18.2 Å². The number of carbonyl (C=O) groups excluding carboxylic acids is 2. The highest BCUT2D eigenvalue weighted by molar-refractivity contribution is 6.31. The predicted molar refractivity (Wildman–Crippen MR) is 78.6 cm³/mol. The lowest BCUT2D eigenvalue weighted by molar-refractivity contribution is -0.142. The van der Waals surface area contributed by atoms with Gasteiger partial charge in [0.05, 0.1) is 6.42 Å². The number of carboxylic acid groups (broad SMARTS) is 1. The van der Waals surface area contributed by atoms with Crippen molar-refractivity contribution in [2.75, 3.05) is 0 Å². The fourth-order valence-electron chi connectivity index (χ4n) is 1.51. The standard InChI is InChI=1S/C14H15ClN2O4/c1-8-2-3-9(6-10(8)15)4-5-13(19)17-11(14(20)21)7-12(16)18/h2-6,11H,7H2,1H3,(H2,16,18)(H,17,19)(H,20,21)/b5-4+. The SMILES string of the molecule is Cc1ccc(/C=C/C(=O)NC(CC(N)=O)C(=O)O)cc1Cl. The number of hydrogen-bond donors (Lipinski definition) is 3. The number of nitrogens with two attached hydrogens (primary N) is 1. The molecule has 0 radical (unpaired) electrons. The summed E-state index contributed by atoms with van der Waals surface area (Å²) < 4.78 is 0. The number of amides is 2. The molecule has 7 heteroatoms. The van der Waals surface area contributed by atoms with Crippen molar-refractivity contribution in [1.82, 2.24) is 5.32 Å². The second-order valence-electron chi connectivity index (χ2n) is 4.41. The first-order valence-electron chi connectivity index (χ1n) is 6.05. The first-order chi connectivity index (χ1) is 9.79. The Morgan fingerprint density at radius 1 is 1.43 bits per heavy atom. The molecule has 112 valence electrons. The maximum absolute atomic E-state index is 11.6. The number of primary amides is 1. The zero-order chi connectivity index (χ0) is 16.0. The molecule has 0 aliphatic heterocycles. The molecule has 0 bridgehead atoms. The molecule has 1 unspecified atom stereocenters. The van der Waals surface area contributed by atoms with Gasteiger partial charge in [0.1, 0.15) is 6.04 Å². The predicted octanol–water partition coefficient (Wildman–Crippen LogP) is 1.11. The van der Waals surface area contributed by atoms with Gasteiger partial charge >= 0.3 is 5.97 Å². The molecule has 0 spiro atoms. The molecule has 0 heterocycles. The number of aryl methyl sites for hydroxylation is 1. The molecule has 0 aliphatic carbocycles. The molecule has 6 nitrogen and oxygen atoms in total. The third-order valence-corrected chi connectivity index (χ3v) is 3.05. The molecule has 0 aromatic heterocycles. The van der Waals surface area contributed by atoms with Gasteiger partial charge in [0.25, 0.3) is 0 Å². The maximum Gasteiger partial charge on any atom is 0.326 e. The van der Waals surface area contributed by atoms with Crippen LogP contribution < -0.4 is 11.1 Å². The van der Waals surface area contributed by atoms with E-state index in [2.05, 4.69) is 5.32 Å². The molecule has 0 aliphatic rings. The van der Waals surface area contributed by atoms with Crippen LogP contribution >= 0.6 is 11.6 Å². The van der Waals surface area contributed by atoms with Crippen LogP contribution in [0.1, 0.15) is 17.5 Å². The molecule has 21 heavy (non-hydrogen) atoms. The number of hydrogen-bond acceptors (Lipinski definition) is 3. The minimum absolute atomic E-state index is 0.467. The van der Waals surface area contributed by atoms with E-state index in [1.807, 2.05) is 6.92 Å². The lowest BCUT2D eigenvalue weighted by Crippen LogP contribution is -2.42. The monoisotopic (exact) mass is 310 g/mol. The van der Waals surface area contributed by atoms with Crippen molar-refractivity contribution in [3.63, 3.8) is 0 Å². The average Bonchev–Trinajstić information content (AvgIpc) is 2.38. The largest absolute Gasteiger partial charge is 0.480 e. The fraction of sp³-hybridized carbons (Fsp3) is 0.214. The van der Waals surface area contributed by atoms with Crippen molar-refractivity contribution in [1.29, 1.82) is 0 Å². The van der Waals surface area contributed by atoms with Crippen LogP contribution in [0.2, 0.25) is 5.02 Å². The fourth-order valence-corrected chi connectivity index (χ4v) is 1.69. The molecule has 1 atom stereocenters. The van der Waals surface area contributed by atoms with Crippen LogP contribution in [0.25, 0.3) is 6.08 Å². The maximum atomic E-state index is 11.6. The molecule has 1 rings (SSSR count). The number of aliphatic carboxylic acids is 1. The Hall–Kier alpha value is -2.34. The first kappa shape index (κ1) is 16.7. The lowest BCUT2D eigenvalue weighted by Gasteiger charge is -2.10. The van der Waals surface area contributed by atoms with Crippen LogP contribution in [0.15, 0.2) is 24.3 Å². The third-order valence-electron chi connectivity index (χ3n) is 2.64. The smallest absolute Gasteiger partial charge is 0.326 e. The van der Waals surface area contributed by atoms with Crippen molar-refractivity contribution in [3.05, 3.63) is 40.4 Å². The molecule has 1 aromatic carbocycles. The van der Waals surface area contributed by atoms with Gasteiger partial charge in [-0.2, -0.15) is 0 Å². The van der Waals surface area contributed by atoms with Gasteiger partial charge < -0.3 is 16.2 Å². The van der Waals surface area contributed by atoms with Crippen LogP contribution in [0.3, 0.4) is 0 Å². The van der Waals surface area contributed by atoms with E-state index >= 15 is 0 Å². The van der Waals surface area contributed by atoms with Crippen molar-refractivity contribution in [3.8, 4) is 0 Å². The molecule has 4 N–H and O–H groups in total. The molecule has 0 fully saturated rings. The number of nitrogens with one attached hydrogen (secondary N) is 1. The second-order valence-corrected chi connectivity index (χ2v) is 4.82. The summed E-state index contributed by atoms with van der Waals surface area (Å²) in [6, 6.07) is 3.90. The van der Waals surface area contributed by atoms with Crippen molar-refractivity contribution in [2.24, 2.45) is 5.73 Å². The Kier molecular flexibility index (Phi) is 5.92. The molecule has 1 aromatic rings. The summed E-state index contributed by atoms with van der Waals surface area (Å²) in [4.78, 5) is 33.2. The van der Waals surface area contributed by atoms with Crippen LogP contribution in [0, 0.1) is 6.92 Å². The van der Waals surface area contributed by atoms with Gasteiger partial charge in [-0.25, -0.2) is 4.79 Å². The van der Waals surface area contributed by atoms with E-state index < -0.39 is 30.2 Å². The Morgan fingerprint density at radius 3 is 2.62 bits per heavy atom. The van der Waals surface area contributed by atoms with E-state index in [0.29, 0.717) is 10.6 Å². The lowest BCUT2D eigenvalue weighted by atomic mass is 10.1. The van der Waals surface area contributed by atoms with E-state index in [1.165, 1.54) is 6.08 Å². The van der Waals surface area contributed by atoms with Crippen molar-refractivity contribution < 1.29 is 19.5 Å². The van der Waals surface area contributed by atoms with E-state index in [9.17, 15) is 14.4 Å². The van der Waals surface area contributed by atoms with Gasteiger partial charge in [0, 0.05) is 11.1 Å². The Labute approximate surface area is 126 Å². The number of halogens is 1. The summed E-state index contributed by atoms with van der Waals surface area (Å²) in [6.07, 6.45) is 2.19. The van der Waals surface area contributed by atoms with E-state index in [4.69, 9.17) is 22.4 Å². The van der Waals surface area contributed by atoms with Crippen LogP contribution in [0.4, 0.5) is 0 Å². The topological polar surface area (TPSA) is 109 Å². The summed E-state index contributed by atoms with van der Waals surface area (Å²) >= 11 is 5.95. The molecular formula is C14H15ClN2O4. The van der Waals surface area contributed by atoms with Gasteiger partial charge in [0.2, 0.25) is 11.8 Å². The third kappa shape index (κ3) is 5.66. The molecule has 0 saturated heterocycles. The molecule has 2 amide bonds. The molecule has 0 saturated carbocycles. The van der Waals surface area contributed by atoms with E-state index in [0.717, 1.165) is 11.6 Å². The van der Waals surface area contributed by atoms with Crippen molar-refractivity contribution in [2.45, 2.75) is 19.4 Å². The summed E-state index contributed by atoms with van der Waals surface area (Å²) in [5.74, 6) is -2.77. The van der Waals surface area contributed by atoms with E-state index in [-0.39, 0.29) is 0 Å². The van der Waals surface area contributed by atoms with Crippen LogP contribution in [-0.4, -0.2) is 28.9 Å². The average molecular weight is 311 g/mol. The van der Waals surface area contributed by atoms with Gasteiger partial charge in [-0.15, -0.1) is 0 Å². The van der Waals surface area contributed by atoms with Crippen LogP contribution in [-0.2, 0) is 14.4 Å². The van der Waals surface area contributed by atoms with Gasteiger partial charge in [-0.3, -0.25) is 9.59 Å². The van der Waals surface area contributed by atoms with Crippen LogP contribution in [0.5, 0.6) is 0 Å². The Morgan fingerprint density at radius 2 is 2.10 bits per heavy atom. The highest BCUT2D eigenvalue weighted by atomic mass is 35.5. The van der Waals surface area contributed by atoms with Crippen molar-refractivity contribution >= 4 is 35.5 Å². The number of carboxylic acids is 1. The highest BCUT2D eigenvalue weighted by Gasteiger charge is 2.20. The minimum atomic E-state index is -1.35. The summed E-state index contributed by atoms with van der Waals surface area (Å²) in [5, 5.41) is 11.6. The number of carbonyl (C=O) groups is 3. The highest BCUT2D eigenvalue weighted by Crippen LogP contribution is 2.17. The summed E-state index contributed by atoms with van der Waals surface area (Å²) in [6.45, 7) is 1.85. The quantitative estimate of drug-likeness (QED) is 0.683. The normalized spacial score (nSPS) is 12.1. The summed E-state index contributed by atoms with van der Waals surface area (Å²) in [7, 11) is 0. The van der Waals surface area contributed by atoms with Gasteiger partial charge in [-0.1, -0.05) is 23.7 Å².